The number of amides is 2. The van der Waals surface area contributed by atoms with E-state index in [-0.39, 0.29) is 12.1 Å². The van der Waals surface area contributed by atoms with Crippen LogP contribution >= 0.6 is 0 Å². The zero-order valence-corrected chi connectivity index (χ0v) is 12.0. The van der Waals surface area contributed by atoms with Gasteiger partial charge < -0.3 is 19.9 Å². The van der Waals surface area contributed by atoms with E-state index in [9.17, 15) is 4.79 Å². The van der Waals surface area contributed by atoms with Crippen molar-refractivity contribution >= 4 is 12.0 Å². The number of hydrogen-bond acceptors (Lipinski definition) is 5. The number of ether oxygens (including phenoxy) is 1. The first-order valence-corrected chi connectivity index (χ1v) is 6.77. The lowest BCUT2D eigenvalue weighted by Crippen LogP contribution is -2.54. The first-order chi connectivity index (χ1) is 9.70. The van der Waals surface area contributed by atoms with Gasteiger partial charge in [0.15, 0.2) is 0 Å². The molecule has 0 saturated carbocycles. The summed E-state index contributed by atoms with van der Waals surface area (Å²) in [6.07, 6.45) is 3.46. The van der Waals surface area contributed by atoms with Crippen LogP contribution in [0, 0.1) is 0 Å². The Bertz CT molecular complexity index is 420. The van der Waals surface area contributed by atoms with Crippen molar-refractivity contribution in [2.75, 3.05) is 44.8 Å². The number of aromatic nitrogens is 2. The maximum Gasteiger partial charge on any atom is 0.317 e. The van der Waals surface area contributed by atoms with Crippen LogP contribution in [-0.4, -0.2) is 66.8 Å². The lowest BCUT2D eigenvalue weighted by Gasteiger charge is -2.35. The van der Waals surface area contributed by atoms with Gasteiger partial charge in [0.2, 0.25) is 5.95 Å². The Morgan fingerprint density at radius 2 is 2.00 bits per heavy atom. The quantitative estimate of drug-likeness (QED) is 0.861. The van der Waals surface area contributed by atoms with Crippen molar-refractivity contribution in [1.29, 1.82) is 0 Å². The fraction of sp³-hybridized carbons (Fsp3) is 0.615. The van der Waals surface area contributed by atoms with Crippen LogP contribution in [0.3, 0.4) is 0 Å². The van der Waals surface area contributed by atoms with Gasteiger partial charge in [0.1, 0.15) is 0 Å². The summed E-state index contributed by atoms with van der Waals surface area (Å²) < 4.78 is 5.01. The molecule has 1 N–H and O–H groups in total. The lowest BCUT2D eigenvalue weighted by atomic mass is 10.3. The van der Waals surface area contributed by atoms with Gasteiger partial charge in [-0.1, -0.05) is 0 Å². The molecule has 0 bridgehead atoms. The molecular formula is C13H21N5O2. The normalized spacial score (nSPS) is 16.9. The summed E-state index contributed by atoms with van der Waals surface area (Å²) in [6.45, 7) is 5.28. The molecular weight excluding hydrogens is 258 g/mol. The Morgan fingerprint density at radius 1 is 1.35 bits per heavy atom. The molecule has 1 fully saturated rings. The van der Waals surface area contributed by atoms with Crippen LogP contribution in [0.1, 0.15) is 6.92 Å². The highest BCUT2D eigenvalue weighted by Gasteiger charge is 2.23. The highest BCUT2D eigenvalue weighted by atomic mass is 16.5. The van der Waals surface area contributed by atoms with E-state index in [1.807, 2.05) is 11.8 Å². The van der Waals surface area contributed by atoms with Gasteiger partial charge in [0.25, 0.3) is 0 Å². The number of nitrogens with one attached hydrogen (secondary N) is 1. The number of anilines is 1. The molecule has 0 aromatic carbocycles. The molecule has 1 saturated heterocycles. The molecule has 1 aliphatic heterocycles. The van der Waals surface area contributed by atoms with Crippen LogP contribution in [0.2, 0.25) is 0 Å². The Labute approximate surface area is 118 Å². The fourth-order valence-electron chi connectivity index (χ4n) is 2.16. The molecule has 1 aliphatic rings. The summed E-state index contributed by atoms with van der Waals surface area (Å²) in [6, 6.07) is 1.77. The maximum atomic E-state index is 12.0. The molecule has 1 atom stereocenters. The second-order valence-corrected chi connectivity index (χ2v) is 4.83. The molecule has 2 rings (SSSR count). The molecule has 2 amide bonds. The summed E-state index contributed by atoms with van der Waals surface area (Å²) >= 11 is 0. The first-order valence-electron chi connectivity index (χ1n) is 6.77. The van der Waals surface area contributed by atoms with E-state index in [4.69, 9.17) is 4.74 Å². The van der Waals surface area contributed by atoms with Crippen LogP contribution in [-0.2, 0) is 4.74 Å². The van der Waals surface area contributed by atoms with Crippen molar-refractivity contribution in [2.45, 2.75) is 13.0 Å². The van der Waals surface area contributed by atoms with Gasteiger partial charge in [-0.2, -0.15) is 0 Å². The van der Waals surface area contributed by atoms with Crippen molar-refractivity contribution in [3.63, 3.8) is 0 Å². The Kier molecular flexibility index (Phi) is 5.11. The van der Waals surface area contributed by atoms with E-state index in [1.165, 1.54) is 0 Å². The largest absolute Gasteiger partial charge is 0.383 e. The molecule has 20 heavy (non-hydrogen) atoms. The maximum absolute atomic E-state index is 12.0. The second kappa shape index (κ2) is 7.04. The van der Waals surface area contributed by atoms with Crippen LogP contribution in [0.25, 0.3) is 0 Å². The summed E-state index contributed by atoms with van der Waals surface area (Å²) in [7, 11) is 1.63. The monoisotopic (exact) mass is 279 g/mol. The van der Waals surface area contributed by atoms with Crippen LogP contribution in [0.4, 0.5) is 10.7 Å². The van der Waals surface area contributed by atoms with E-state index < -0.39 is 0 Å². The fourth-order valence-corrected chi connectivity index (χ4v) is 2.16. The molecule has 1 aromatic heterocycles. The third-order valence-electron chi connectivity index (χ3n) is 3.19. The third-order valence-corrected chi connectivity index (χ3v) is 3.19. The Balaban J connectivity index is 1.80. The molecule has 2 heterocycles. The van der Waals surface area contributed by atoms with Crippen LogP contribution in [0.15, 0.2) is 18.5 Å². The van der Waals surface area contributed by atoms with Gasteiger partial charge in [0.05, 0.1) is 12.6 Å². The van der Waals surface area contributed by atoms with Gasteiger partial charge >= 0.3 is 6.03 Å². The second-order valence-electron chi connectivity index (χ2n) is 4.83. The van der Waals surface area contributed by atoms with E-state index >= 15 is 0 Å². The minimum absolute atomic E-state index is 0.0167. The van der Waals surface area contributed by atoms with Crippen molar-refractivity contribution in [3.05, 3.63) is 18.5 Å². The highest BCUT2D eigenvalue weighted by Crippen LogP contribution is 2.09. The number of piperazine rings is 1. The summed E-state index contributed by atoms with van der Waals surface area (Å²) in [5.74, 6) is 0.723. The van der Waals surface area contributed by atoms with Gasteiger partial charge in [-0.15, -0.1) is 0 Å². The number of carbonyl (C=O) groups is 1. The lowest BCUT2D eigenvalue weighted by molar-refractivity contribution is 0.158. The zero-order valence-electron chi connectivity index (χ0n) is 12.0. The topological polar surface area (TPSA) is 70.6 Å². The van der Waals surface area contributed by atoms with Gasteiger partial charge in [-0.25, -0.2) is 14.8 Å². The predicted molar refractivity (Wildman–Crippen MR) is 75.7 cm³/mol. The van der Waals surface area contributed by atoms with Crippen molar-refractivity contribution < 1.29 is 9.53 Å². The number of nitrogens with zero attached hydrogens (tertiary/aromatic N) is 4. The van der Waals surface area contributed by atoms with E-state index in [1.54, 1.807) is 25.6 Å². The Morgan fingerprint density at radius 3 is 2.60 bits per heavy atom. The average molecular weight is 279 g/mol. The van der Waals surface area contributed by atoms with E-state index in [0.29, 0.717) is 19.7 Å². The van der Waals surface area contributed by atoms with Gasteiger partial charge in [0, 0.05) is 45.7 Å². The number of carbonyl (C=O) groups excluding carboxylic acids is 1. The summed E-state index contributed by atoms with van der Waals surface area (Å²) in [4.78, 5) is 24.4. The van der Waals surface area contributed by atoms with E-state index in [0.717, 1.165) is 19.0 Å². The Hall–Kier alpha value is -1.89. The minimum Gasteiger partial charge on any atom is -0.383 e. The number of rotatable bonds is 4. The van der Waals surface area contributed by atoms with E-state index in [2.05, 4.69) is 20.2 Å². The van der Waals surface area contributed by atoms with Crippen LogP contribution < -0.4 is 10.2 Å². The molecule has 0 unspecified atom stereocenters. The molecule has 0 radical (unpaired) electrons. The standard InChI is InChI=1S/C13H21N5O2/c1-11(10-20-2)16-13(19)18-8-6-17(7-9-18)12-14-4-3-5-15-12/h3-5,11H,6-10H2,1-2H3,(H,16,19)/t11-/m0/s1. The summed E-state index contributed by atoms with van der Waals surface area (Å²) in [5, 5.41) is 2.92. The van der Waals surface area contributed by atoms with Crippen molar-refractivity contribution in [3.8, 4) is 0 Å². The molecule has 110 valence electrons. The SMILES string of the molecule is COC[C@H](C)NC(=O)N1CCN(c2ncccn2)CC1. The predicted octanol–water partition coefficient (Wildman–Crippen LogP) is 0.343. The van der Waals surface area contributed by atoms with Crippen LogP contribution in [0.5, 0.6) is 0 Å². The van der Waals surface area contributed by atoms with Crippen molar-refractivity contribution in [1.82, 2.24) is 20.2 Å². The number of methoxy groups -OCH3 is 1. The number of urea groups is 1. The molecule has 1 aromatic rings. The highest BCUT2D eigenvalue weighted by molar-refractivity contribution is 5.74. The third kappa shape index (κ3) is 3.80. The zero-order chi connectivity index (χ0) is 14.4. The first kappa shape index (κ1) is 14.5. The van der Waals surface area contributed by atoms with Crippen molar-refractivity contribution in [2.24, 2.45) is 0 Å². The average Bonchev–Trinajstić information content (AvgIpc) is 2.48. The van der Waals surface area contributed by atoms with Gasteiger partial charge in [-0.3, -0.25) is 0 Å². The molecule has 7 nitrogen and oxygen atoms in total. The molecule has 0 spiro atoms. The minimum atomic E-state index is -0.0387. The van der Waals surface area contributed by atoms with Gasteiger partial charge in [-0.05, 0) is 13.0 Å². The smallest absolute Gasteiger partial charge is 0.317 e. The molecule has 7 heteroatoms. The summed E-state index contributed by atoms with van der Waals surface area (Å²) in [5.41, 5.74) is 0. The number of hydrogen-bond donors (Lipinski definition) is 1. The molecule has 0 aliphatic carbocycles.